The van der Waals surface area contributed by atoms with E-state index in [2.05, 4.69) is 4.98 Å². The van der Waals surface area contributed by atoms with Crippen LogP contribution in [0.25, 0.3) is 5.65 Å². The first-order valence-electron chi connectivity index (χ1n) is 4.32. The fourth-order valence-corrected chi connectivity index (χ4v) is 1.44. The molecule has 0 bridgehead atoms. The van der Waals surface area contributed by atoms with Gasteiger partial charge in [0.05, 0.1) is 6.42 Å². The van der Waals surface area contributed by atoms with Crippen LogP contribution in [0.5, 0.6) is 0 Å². The number of hydrogen-bond acceptors (Lipinski definition) is 2. The highest BCUT2D eigenvalue weighted by atomic mass is 16.4. The Morgan fingerprint density at radius 1 is 1.50 bits per heavy atom. The zero-order chi connectivity index (χ0) is 10.1. The van der Waals surface area contributed by atoms with E-state index in [1.54, 1.807) is 10.5 Å². The zero-order valence-electron chi connectivity index (χ0n) is 7.77. The van der Waals surface area contributed by atoms with Crippen molar-refractivity contribution in [2.24, 2.45) is 0 Å². The lowest BCUT2D eigenvalue weighted by atomic mass is 10.3. The first-order valence-corrected chi connectivity index (χ1v) is 4.32. The van der Waals surface area contributed by atoms with Crippen LogP contribution in [0.2, 0.25) is 0 Å². The van der Waals surface area contributed by atoms with Crippen molar-refractivity contribution in [3.8, 4) is 0 Å². The van der Waals surface area contributed by atoms with Gasteiger partial charge in [0.15, 0.2) is 0 Å². The van der Waals surface area contributed by atoms with Gasteiger partial charge in [-0.1, -0.05) is 0 Å². The molecule has 0 aromatic carbocycles. The molecule has 4 nitrogen and oxygen atoms in total. The van der Waals surface area contributed by atoms with E-state index in [1.165, 1.54) is 0 Å². The summed E-state index contributed by atoms with van der Waals surface area (Å²) in [4.78, 5) is 14.8. The fraction of sp³-hybridized carbons (Fsp3) is 0.200. The number of fused-ring (bicyclic) bond motifs is 1. The average Bonchev–Trinajstić information content (AvgIpc) is 2.47. The van der Waals surface area contributed by atoms with Crippen molar-refractivity contribution >= 4 is 11.6 Å². The van der Waals surface area contributed by atoms with Gasteiger partial charge in [0.1, 0.15) is 5.65 Å². The molecular formula is C10H10N2O2. The van der Waals surface area contributed by atoms with E-state index in [9.17, 15) is 4.79 Å². The molecule has 0 fully saturated rings. The van der Waals surface area contributed by atoms with E-state index < -0.39 is 5.97 Å². The molecule has 14 heavy (non-hydrogen) atoms. The topological polar surface area (TPSA) is 54.6 Å². The summed E-state index contributed by atoms with van der Waals surface area (Å²) in [5, 5.41) is 8.67. The second-order valence-electron chi connectivity index (χ2n) is 3.19. The summed E-state index contributed by atoms with van der Waals surface area (Å²) in [6.07, 6.45) is 1.87. The number of aryl methyl sites for hydroxylation is 1. The molecule has 0 amide bonds. The number of carboxylic acid groups (broad SMARTS) is 1. The third kappa shape index (κ3) is 1.46. The molecule has 2 aromatic rings. The number of rotatable bonds is 2. The monoisotopic (exact) mass is 190 g/mol. The molecule has 0 spiro atoms. The molecule has 4 heteroatoms. The highest BCUT2D eigenvalue weighted by Gasteiger charge is 2.06. The van der Waals surface area contributed by atoms with Gasteiger partial charge >= 0.3 is 5.97 Å². The van der Waals surface area contributed by atoms with Gasteiger partial charge in [0.2, 0.25) is 0 Å². The van der Waals surface area contributed by atoms with Gasteiger partial charge in [-0.2, -0.15) is 0 Å². The first kappa shape index (κ1) is 8.74. The van der Waals surface area contributed by atoms with E-state index in [4.69, 9.17) is 5.11 Å². The maximum Gasteiger partial charge on any atom is 0.309 e. The van der Waals surface area contributed by atoms with Gasteiger partial charge in [0.25, 0.3) is 0 Å². The Bertz CT molecular complexity index is 488. The molecule has 0 aliphatic carbocycles. The van der Waals surface area contributed by atoms with E-state index in [0.717, 1.165) is 17.0 Å². The molecule has 0 radical (unpaired) electrons. The Labute approximate surface area is 80.8 Å². The minimum absolute atomic E-state index is 0.0267. The van der Waals surface area contributed by atoms with E-state index in [-0.39, 0.29) is 6.42 Å². The molecule has 0 aliphatic rings. The number of carboxylic acids is 1. The van der Waals surface area contributed by atoms with Crippen molar-refractivity contribution in [3.05, 3.63) is 35.8 Å². The van der Waals surface area contributed by atoms with Crippen LogP contribution in [0.4, 0.5) is 0 Å². The summed E-state index contributed by atoms with van der Waals surface area (Å²) in [6, 6.07) is 5.47. The summed E-state index contributed by atoms with van der Waals surface area (Å²) in [5.41, 5.74) is 2.47. The minimum Gasteiger partial charge on any atom is -0.481 e. The second kappa shape index (κ2) is 3.14. The zero-order valence-corrected chi connectivity index (χ0v) is 7.77. The molecule has 0 atom stereocenters. The summed E-state index contributed by atoms with van der Waals surface area (Å²) >= 11 is 0. The molecule has 1 N–H and O–H groups in total. The third-order valence-corrected chi connectivity index (χ3v) is 2.07. The van der Waals surface area contributed by atoms with Crippen molar-refractivity contribution in [1.82, 2.24) is 9.38 Å². The highest BCUT2D eigenvalue weighted by Crippen LogP contribution is 2.09. The van der Waals surface area contributed by atoms with Crippen LogP contribution in [-0.4, -0.2) is 20.5 Å². The Morgan fingerprint density at radius 3 is 3.00 bits per heavy atom. The van der Waals surface area contributed by atoms with Gasteiger partial charge in [-0.05, 0) is 25.1 Å². The minimum atomic E-state index is -0.828. The van der Waals surface area contributed by atoms with Crippen molar-refractivity contribution < 1.29 is 9.90 Å². The third-order valence-electron chi connectivity index (χ3n) is 2.07. The molecule has 72 valence electrons. The molecule has 2 aromatic heterocycles. The first-order chi connectivity index (χ1) is 6.66. The predicted molar refractivity (Wildman–Crippen MR) is 51.3 cm³/mol. The number of aliphatic carboxylic acids is 1. The van der Waals surface area contributed by atoms with Crippen LogP contribution in [0, 0.1) is 6.92 Å². The van der Waals surface area contributed by atoms with E-state index in [0.29, 0.717) is 0 Å². The lowest BCUT2D eigenvalue weighted by Gasteiger charge is -1.99. The Hall–Kier alpha value is -1.84. The van der Waals surface area contributed by atoms with E-state index in [1.807, 2.05) is 25.3 Å². The fourth-order valence-electron chi connectivity index (χ4n) is 1.44. The number of hydrogen-bond donors (Lipinski definition) is 1. The van der Waals surface area contributed by atoms with Crippen molar-refractivity contribution in [2.45, 2.75) is 13.3 Å². The maximum absolute atomic E-state index is 10.5. The van der Waals surface area contributed by atoms with Gasteiger partial charge in [0, 0.05) is 17.6 Å². The van der Waals surface area contributed by atoms with Crippen molar-refractivity contribution in [1.29, 1.82) is 0 Å². The lowest BCUT2D eigenvalue weighted by Crippen LogP contribution is -2.03. The normalized spacial score (nSPS) is 10.6. The van der Waals surface area contributed by atoms with Gasteiger partial charge in [-0.25, -0.2) is 4.98 Å². The standard InChI is InChI=1S/C10H10N2O2/c1-7-4-5-12-8(6-10(13)14)2-3-9(12)11-7/h2-5H,6H2,1H3,(H,13,14). The molecule has 0 saturated carbocycles. The summed E-state index contributed by atoms with van der Waals surface area (Å²) < 4.78 is 1.79. The molecule has 0 aliphatic heterocycles. The lowest BCUT2D eigenvalue weighted by molar-refractivity contribution is -0.136. The Morgan fingerprint density at radius 2 is 2.29 bits per heavy atom. The number of aromatic nitrogens is 2. The molecule has 2 rings (SSSR count). The molecular weight excluding hydrogens is 180 g/mol. The smallest absolute Gasteiger partial charge is 0.309 e. The SMILES string of the molecule is Cc1ccn2c(CC(=O)O)ccc2n1. The summed E-state index contributed by atoms with van der Waals surface area (Å²) in [6.45, 7) is 1.91. The van der Waals surface area contributed by atoms with Gasteiger partial charge in [-0.15, -0.1) is 0 Å². The van der Waals surface area contributed by atoms with Crippen LogP contribution >= 0.6 is 0 Å². The largest absolute Gasteiger partial charge is 0.481 e. The van der Waals surface area contributed by atoms with Crippen LogP contribution in [0.1, 0.15) is 11.4 Å². The van der Waals surface area contributed by atoms with Crippen molar-refractivity contribution in [3.63, 3.8) is 0 Å². The molecule has 2 heterocycles. The Kier molecular flexibility index (Phi) is 1.96. The van der Waals surface area contributed by atoms with Gasteiger partial charge in [-0.3, -0.25) is 4.79 Å². The highest BCUT2D eigenvalue weighted by molar-refractivity contribution is 5.70. The second-order valence-corrected chi connectivity index (χ2v) is 3.19. The van der Waals surface area contributed by atoms with E-state index >= 15 is 0 Å². The van der Waals surface area contributed by atoms with Crippen LogP contribution in [-0.2, 0) is 11.2 Å². The average molecular weight is 190 g/mol. The quantitative estimate of drug-likeness (QED) is 0.775. The van der Waals surface area contributed by atoms with Gasteiger partial charge < -0.3 is 9.51 Å². The molecule has 0 unspecified atom stereocenters. The number of nitrogens with zero attached hydrogens (tertiary/aromatic N) is 2. The maximum atomic E-state index is 10.5. The summed E-state index contributed by atoms with van der Waals surface area (Å²) in [7, 11) is 0. The van der Waals surface area contributed by atoms with Crippen LogP contribution in [0.3, 0.4) is 0 Å². The number of carbonyl (C=O) groups is 1. The van der Waals surface area contributed by atoms with Crippen molar-refractivity contribution in [2.75, 3.05) is 0 Å². The Balaban J connectivity index is 2.52. The molecule has 0 saturated heterocycles. The predicted octanol–water partition coefficient (Wildman–Crippen LogP) is 1.27. The van der Waals surface area contributed by atoms with Crippen LogP contribution in [0.15, 0.2) is 24.4 Å². The van der Waals surface area contributed by atoms with Crippen LogP contribution < -0.4 is 0 Å². The summed E-state index contributed by atoms with van der Waals surface area (Å²) in [5.74, 6) is -0.828.